The van der Waals surface area contributed by atoms with Crippen LogP contribution in [0.2, 0.25) is 0 Å². The number of nitrogens with zero attached hydrogens (tertiary/aromatic N) is 4. The number of benzene rings is 2. The molecule has 0 aliphatic carbocycles. The van der Waals surface area contributed by atoms with Gasteiger partial charge in [0.05, 0.1) is 5.69 Å². The van der Waals surface area contributed by atoms with E-state index in [1.807, 2.05) is 30.3 Å². The fourth-order valence-corrected chi connectivity index (χ4v) is 3.49. The number of amides is 3. The Labute approximate surface area is 168 Å². The Bertz CT molecular complexity index is 972. The molecule has 148 valence electrons. The molecule has 0 bridgehead atoms. The maximum absolute atomic E-state index is 13.0. The third kappa shape index (κ3) is 3.49. The van der Waals surface area contributed by atoms with Gasteiger partial charge in [0, 0.05) is 5.69 Å². The van der Waals surface area contributed by atoms with E-state index in [4.69, 9.17) is 0 Å². The van der Waals surface area contributed by atoms with Gasteiger partial charge < -0.3 is 5.32 Å². The Morgan fingerprint density at radius 3 is 2.38 bits per heavy atom. The van der Waals surface area contributed by atoms with Crippen molar-refractivity contribution in [3.8, 4) is 0 Å². The highest BCUT2D eigenvalue weighted by atomic mass is 16.2. The molecular formula is C21H21N5O3. The minimum Gasteiger partial charge on any atom is -0.324 e. The molecule has 4 rings (SSSR count). The van der Waals surface area contributed by atoms with E-state index in [9.17, 15) is 14.4 Å². The van der Waals surface area contributed by atoms with Gasteiger partial charge in [-0.3, -0.25) is 19.4 Å². The quantitative estimate of drug-likeness (QED) is 0.793. The smallest absolute Gasteiger partial charge is 0.263 e. The summed E-state index contributed by atoms with van der Waals surface area (Å²) in [5, 5.41) is 11.9. The molecule has 0 aromatic heterocycles. The van der Waals surface area contributed by atoms with Crippen molar-refractivity contribution < 1.29 is 14.4 Å². The van der Waals surface area contributed by atoms with Gasteiger partial charge in [-0.15, -0.1) is 0 Å². The number of hydrogen-bond acceptors (Lipinski definition) is 6. The molecule has 29 heavy (non-hydrogen) atoms. The molecule has 2 aliphatic rings. The fraction of sp³-hybridized carbons (Fsp3) is 0.286. The van der Waals surface area contributed by atoms with Crippen molar-refractivity contribution in [3.05, 3.63) is 60.2 Å². The molecule has 1 saturated heterocycles. The minimum atomic E-state index is -0.920. The molecule has 2 aliphatic heterocycles. The van der Waals surface area contributed by atoms with Crippen LogP contribution in [0.15, 0.2) is 64.9 Å². The number of imide groups is 1. The fourth-order valence-electron chi connectivity index (χ4n) is 3.49. The topological polar surface area (TPSA) is 94.4 Å². The van der Waals surface area contributed by atoms with Crippen LogP contribution in [0.4, 0.5) is 11.4 Å². The molecule has 2 heterocycles. The normalized spacial score (nSPS) is 20.5. The van der Waals surface area contributed by atoms with Crippen LogP contribution < -0.4 is 10.2 Å². The van der Waals surface area contributed by atoms with Crippen LogP contribution in [-0.2, 0) is 14.4 Å². The second-order valence-electron chi connectivity index (χ2n) is 7.36. The molecule has 0 saturated carbocycles. The summed E-state index contributed by atoms with van der Waals surface area (Å²) >= 11 is 0. The van der Waals surface area contributed by atoms with Crippen LogP contribution in [0.3, 0.4) is 0 Å². The zero-order valence-corrected chi connectivity index (χ0v) is 16.1. The molecule has 0 spiro atoms. The lowest BCUT2D eigenvalue weighted by Gasteiger charge is -2.20. The Kier molecular flexibility index (Phi) is 4.84. The highest BCUT2D eigenvalue weighted by Crippen LogP contribution is 2.32. The highest BCUT2D eigenvalue weighted by Gasteiger charge is 2.55. The van der Waals surface area contributed by atoms with Crippen LogP contribution in [0, 0.1) is 0 Å². The van der Waals surface area contributed by atoms with E-state index in [1.54, 1.807) is 24.3 Å². The van der Waals surface area contributed by atoms with Gasteiger partial charge in [-0.1, -0.05) is 49.4 Å². The lowest BCUT2D eigenvalue weighted by Crippen LogP contribution is -2.43. The minimum absolute atomic E-state index is 0.168. The number of rotatable bonds is 5. The van der Waals surface area contributed by atoms with Crippen molar-refractivity contribution in [2.24, 2.45) is 10.3 Å². The molecule has 0 unspecified atom stereocenters. The molecule has 8 nitrogen and oxygen atoms in total. The standard InChI is InChI=1S/C21H21N5O3/c1-13(2)14-8-10-16(11-9-14)26-20(28)18-19(21(26)29)25(24-23-18)12-17(27)22-15-6-4-3-5-7-15/h3-11,13,18-19H,12H2,1-2H3,(H,22,27)/t18-,19+/m0/s1. The zero-order chi connectivity index (χ0) is 20.5. The lowest BCUT2D eigenvalue weighted by atomic mass is 10.0. The second kappa shape index (κ2) is 7.46. The number of hydrogen-bond donors (Lipinski definition) is 1. The van der Waals surface area contributed by atoms with Gasteiger partial charge in [0.2, 0.25) is 5.91 Å². The van der Waals surface area contributed by atoms with Crippen LogP contribution in [0.1, 0.15) is 25.3 Å². The van der Waals surface area contributed by atoms with Crippen LogP contribution in [0.25, 0.3) is 0 Å². The summed E-state index contributed by atoms with van der Waals surface area (Å²) in [6, 6.07) is 14.5. The Hall–Kier alpha value is -3.55. The number of nitrogens with one attached hydrogen (secondary N) is 1. The molecule has 1 N–H and O–H groups in total. The molecule has 3 amide bonds. The molecule has 2 atom stereocenters. The summed E-state index contributed by atoms with van der Waals surface area (Å²) in [4.78, 5) is 39.2. The first-order chi connectivity index (χ1) is 14.0. The summed E-state index contributed by atoms with van der Waals surface area (Å²) in [6.07, 6.45) is 0. The van der Waals surface area contributed by atoms with E-state index < -0.39 is 23.9 Å². The van der Waals surface area contributed by atoms with Crippen molar-refractivity contribution in [1.29, 1.82) is 0 Å². The van der Waals surface area contributed by atoms with Gasteiger partial charge in [-0.05, 0) is 35.7 Å². The van der Waals surface area contributed by atoms with E-state index in [2.05, 4.69) is 29.5 Å². The average molecular weight is 391 g/mol. The Morgan fingerprint density at radius 2 is 1.72 bits per heavy atom. The second-order valence-corrected chi connectivity index (χ2v) is 7.36. The van der Waals surface area contributed by atoms with E-state index >= 15 is 0 Å². The third-order valence-electron chi connectivity index (χ3n) is 5.04. The van der Waals surface area contributed by atoms with Crippen molar-refractivity contribution in [2.45, 2.75) is 31.8 Å². The largest absolute Gasteiger partial charge is 0.324 e. The SMILES string of the molecule is CC(C)c1ccc(N2C(=O)[C@H]3N=NN(CC(=O)Nc4ccccc4)[C@H]3C2=O)cc1. The zero-order valence-electron chi connectivity index (χ0n) is 16.1. The van der Waals surface area contributed by atoms with E-state index in [0.29, 0.717) is 17.3 Å². The third-order valence-corrected chi connectivity index (χ3v) is 5.04. The summed E-state index contributed by atoms with van der Waals surface area (Å²) in [5.41, 5.74) is 2.26. The molecule has 0 radical (unpaired) electrons. The summed E-state index contributed by atoms with van der Waals surface area (Å²) in [5.74, 6) is -0.835. The maximum atomic E-state index is 13.0. The van der Waals surface area contributed by atoms with Crippen LogP contribution >= 0.6 is 0 Å². The first kappa shape index (κ1) is 18.8. The van der Waals surface area contributed by atoms with Gasteiger partial charge >= 0.3 is 0 Å². The van der Waals surface area contributed by atoms with E-state index in [0.717, 1.165) is 10.5 Å². The summed E-state index contributed by atoms with van der Waals surface area (Å²) < 4.78 is 0. The maximum Gasteiger partial charge on any atom is 0.263 e. The van der Waals surface area contributed by atoms with Crippen molar-refractivity contribution in [2.75, 3.05) is 16.8 Å². The van der Waals surface area contributed by atoms with Crippen molar-refractivity contribution in [3.63, 3.8) is 0 Å². The first-order valence-corrected chi connectivity index (χ1v) is 9.46. The predicted octanol–water partition coefficient (Wildman–Crippen LogP) is 2.74. The van der Waals surface area contributed by atoms with E-state index in [1.165, 1.54) is 5.01 Å². The van der Waals surface area contributed by atoms with Gasteiger partial charge in [0.25, 0.3) is 11.8 Å². The van der Waals surface area contributed by atoms with E-state index in [-0.39, 0.29) is 12.5 Å². The van der Waals surface area contributed by atoms with Gasteiger partial charge in [-0.25, -0.2) is 4.90 Å². The van der Waals surface area contributed by atoms with Gasteiger partial charge in [0.15, 0.2) is 12.1 Å². The van der Waals surface area contributed by atoms with Crippen LogP contribution in [0.5, 0.6) is 0 Å². The van der Waals surface area contributed by atoms with Crippen molar-refractivity contribution >= 4 is 29.1 Å². The number of fused-ring (bicyclic) bond motifs is 1. The first-order valence-electron chi connectivity index (χ1n) is 9.46. The summed E-state index contributed by atoms with van der Waals surface area (Å²) in [6.45, 7) is 3.98. The number of carbonyl (C=O) groups excluding carboxylic acids is 3. The number of carbonyl (C=O) groups is 3. The predicted molar refractivity (Wildman–Crippen MR) is 107 cm³/mol. The monoisotopic (exact) mass is 391 g/mol. The molecular weight excluding hydrogens is 370 g/mol. The Morgan fingerprint density at radius 1 is 1.03 bits per heavy atom. The molecule has 2 aromatic rings. The molecule has 1 fully saturated rings. The number of anilines is 2. The van der Waals surface area contributed by atoms with Gasteiger partial charge in [-0.2, -0.15) is 5.11 Å². The molecule has 8 heteroatoms. The summed E-state index contributed by atoms with van der Waals surface area (Å²) in [7, 11) is 0. The van der Waals surface area contributed by atoms with Crippen molar-refractivity contribution in [1.82, 2.24) is 5.01 Å². The molecule has 2 aromatic carbocycles. The number of para-hydroxylation sites is 1. The highest BCUT2D eigenvalue weighted by molar-refractivity contribution is 6.25. The van der Waals surface area contributed by atoms with Gasteiger partial charge in [0.1, 0.15) is 6.54 Å². The lowest BCUT2D eigenvalue weighted by molar-refractivity contribution is -0.123. The Balaban J connectivity index is 1.48. The average Bonchev–Trinajstić information content (AvgIpc) is 3.22. The van der Waals surface area contributed by atoms with Crippen LogP contribution in [-0.4, -0.2) is 41.4 Å².